The Morgan fingerprint density at radius 1 is 0.789 bits per heavy atom. The Hall–Kier alpha value is -1.59. The van der Waals surface area contributed by atoms with E-state index in [0.29, 0.717) is 0 Å². The number of rotatable bonds is 8. The van der Waals surface area contributed by atoms with E-state index in [1.54, 1.807) is 27.7 Å². The Kier molecular flexibility index (Phi) is 7.79. The molecule has 0 unspecified atom stereocenters. The van der Waals surface area contributed by atoms with Crippen molar-refractivity contribution in [1.29, 1.82) is 0 Å². The zero-order valence-corrected chi connectivity index (χ0v) is 12.0. The molecule has 0 rings (SSSR count). The molecule has 0 aromatic heterocycles. The molecule has 0 aliphatic carbocycles. The van der Waals surface area contributed by atoms with Gasteiger partial charge in [-0.25, -0.2) is 0 Å². The summed E-state index contributed by atoms with van der Waals surface area (Å²) >= 11 is 0. The minimum absolute atomic E-state index is 0.115. The summed E-state index contributed by atoms with van der Waals surface area (Å²) in [6.07, 6.45) is -0.252. The van der Waals surface area contributed by atoms with Crippen LogP contribution in [-0.4, -0.2) is 37.7 Å². The fourth-order valence-corrected chi connectivity index (χ4v) is 1.64. The van der Waals surface area contributed by atoms with Crippen molar-refractivity contribution in [2.75, 3.05) is 19.8 Å². The smallest absolute Gasteiger partial charge is 0.324 e. The van der Waals surface area contributed by atoms with Crippen molar-refractivity contribution in [3.8, 4) is 0 Å². The van der Waals surface area contributed by atoms with Gasteiger partial charge in [-0.05, 0) is 27.2 Å². The van der Waals surface area contributed by atoms with Gasteiger partial charge >= 0.3 is 17.9 Å². The van der Waals surface area contributed by atoms with E-state index in [9.17, 15) is 14.4 Å². The predicted octanol–water partition coefficient (Wildman–Crippen LogP) is 1.46. The average molecular weight is 274 g/mol. The largest absolute Gasteiger partial charge is 0.466 e. The van der Waals surface area contributed by atoms with Crippen molar-refractivity contribution in [2.45, 2.75) is 40.5 Å². The van der Waals surface area contributed by atoms with Gasteiger partial charge in [0.05, 0.1) is 26.2 Å². The van der Waals surface area contributed by atoms with Crippen molar-refractivity contribution in [1.82, 2.24) is 0 Å². The summed E-state index contributed by atoms with van der Waals surface area (Å²) in [6, 6.07) is 0. The van der Waals surface area contributed by atoms with Gasteiger partial charge < -0.3 is 14.2 Å². The van der Waals surface area contributed by atoms with E-state index in [1.165, 1.54) is 0 Å². The normalized spacial score (nSPS) is 10.7. The summed E-state index contributed by atoms with van der Waals surface area (Å²) in [5, 5.41) is 0. The van der Waals surface area contributed by atoms with Gasteiger partial charge in [-0.15, -0.1) is 0 Å². The highest BCUT2D eigenvalue weighted by atomic mass is 16.6. The molecule has 0 aliphatic rings. The van der Waals surface area contributed by atoms with Gasteiger partial charge in [0.15, 0.2) is 5.41 Å². The van der Waals surface area contributed by atoms with Crippen molar-refractivity contribution < 1.29 is 28.6 Å². The molecular weight excluding hydrogens is 252 g/mol. The first kappa shape index (κ1) is 17.4. The van der Waals surface area contributed by atoms with Crippen LogP contribution in [0.3, 0.4) is 0 Å². The lowest BCUT2D eigenvalue weighted by molar-refractivity contribution is -0.177. The summed E-state index contributed by atoms with van der Waals surface area (Å²) in [4.78, 5) is 35.6. The average Bonchev–Trinajstić information content (AvgIpc) is 2.36. The Bertz CT molecular complexity index is 305. The van der Waals surface area contributed by atoms with Crippen LogP contribution in [0.1, 0.15) is 40.5 Å². The highest BCUT2D eigenvalue weighted by molar-refractivity contribution is 6.03. The molecule has 0 N–H and O–H groups in total. The second kappa shape index (κ2) is 8.50. The highest BCUT2D eigenvalue weighted by Gasteiger charge is 2.49. The number of carbonyl (C=O) groups is 3. The molecule has 0 amide bonds. The maximum absolute atomic E-state index is 12.0. The second-order valence-electron chi connectivity index (χ2n) is 3.86. The lowest BCUT2D eigenvalue weighted by atomic mass is 9.81. The molecule has 0 aromatic carbocycles. The van der Waals surface area contributed by atoms with E-state index >= 15 is 0 Å². The van der Waals surface area contributed by atoms with Gasteiger partial charge in [-0.2, -0.15) is 0 Å². The third-order valence-electron chi connectivity index (χ3n) is 2.69. The van der Waals surface area contributed by atoms with Gasteiger partial charge in [0.2, 0.25) is 0 Å². The van der Waals surface area contributed by atoms with E-state index in [-0.39, 0.29) is 32.7 Å². The minimum atomic E-state index is -1.61. The standard InChI is InChI=1S/C13H22O6/c1-5-13(11(15)18-7-3,12(16)19-8-4)9-10(14)17-6-2/h5-9H2,1-4H3. The van der Waals surface area contributed by atoms with Crippen LogP contribution in [0.25, 0.3) is 0 Å². The topological polar surface area (TPSA) is 78.9 Å². The Balaban J connectivity index is 5.22. The van der Waals surface area contributed by atoms with E-state index in [2.05, 4.69) is 0 Å². The van der Waals surface area contributed by atoms with E-state index in [1.807, 2.05) is 0 Å². The fraction of sp³-hybridized carbons (Fsp3) is 0.769. The molecule has 0 fully saturated rings. The Labute approximate surface area is 113 Å². The van der Waals surface area contributed by atoms with Crippen LogP contribution in [0, 0.1) is 5.41 Å². The van der Waals surface area contributed by atoms with Crippen molar-refractivity contribution in [2.24, 2.45) is 5.41 Å². The third-order valence-corrected chi connectivity index (χ3v) is 2.69. The summed E-state index contributed by atoms with van der Waals surface area (Å²) < 4.78 is 14.6. The van der Waals surface area contributed by atoms with Gasteiger partial charge in [0.1, 0.15) is 0 Å². The van der Waals surface area contributed by atoms with Crippen molar-refractivity contribution in [3.05, 3.63) is 0 Å². The highest BCUT2D eigenvalue weighted by Crippen LogP contribution is 2.31. The number of carbonyl (C=O) groups excluding carboxylic acids is 3. The fourth-order valence-electron chi connectivity index (χ4n) is 1.64. The first-order valence-electron chi connectivity index (χ1n) is 6.48. The van der Waals surface area contributed by atoms with Gasteiger partial charge in [0.25, 0.3) is 0 Å². The van der Waals surface area contributed by atoms with Crippen LogP contribution in [0.5, 0.6) is 0 Å². The molecule has 0 saturated heterocycles. The molecule has 0 atom stereocenters. The molecule has 0 heterocycles. The molecule has 0 saturated carbocycles. The predicted molar refractivity (Wildman–Crippen MR) is 67.2 cm³/mol. The number of esters is 3. The molecule has 0 aliphatic heterocycles. The number of hydrogen-bond acceptors (Lipinski definition) is 6. The third kappa shape index (κ3) is 4.54. The maximum Gasteiger partial charge on any atom is 0.324 e. The summed E-state index contributed by atoms with van der Waals surface area (Å²) in [5.41, 5.74) is -1.61. The van der Waals surface area contributed by atoms with E-state index in [0.717, 1.165) is 0 Å². The van der Waals surface area contributed by atoms with Crippen LogP contribution in [0.4, 0.5) is 0 Å². The summed E-state index contributed by atoms with van der Waals surface area (Å²) in [7, 11) is 0. The van der Waals surface area contributed by atoms with Crippen molar-refractivity contribution in [3.63, 3.8) is 0 Å². The van der Waals surface area contributed by atoms with Crippen LogP contribution >= 0.6 is 0 Å². The van der Waals surface area contributed by atoms with Crippen LogP contribution in [-0.2, 0) is 28.6 Å². The molecule has 6 heteroatoms. The lowest BCUT2D eigenvalue weighted by Crippen LogP contribution is -2.43. The van der Waals surface area contributed by atoms with Crippen molar-refractivity contribution >= 4 is 17.9 Å². The van der Waals surface area contributed by atoms with Gasteiger partial charge in [-0.3, -0.25) is 14.4 Å². The SMILES string of the molecule is CCOC(=O)CC(CC)(C(=O)OCC)C(=O)OCC. The molecule has 19 heavy (non-hydrogen) atoms. The summed E-state index contributed by atoms with van der Waals surface area (Å²) in [5.74, 6) is -2.11. The zero-order valence-electron chi connectivity index (χ0n) is 12.0. The molecule has 0 aromatic rings. The maximum atomic E-state index is 12.0. The van der Waals surface area contributed by atoms with Crippen LogP contribution < -0.4 is 0 Å². The summed E-state index contributed by atoms with van der Waals surface area (Å²) in [6.45, 7) is 6.99. The first-order valence-corrected chi connectivity index (χ1v) is 6.48. The Morgan fingerprint density at radius 2 is 1.21 bits per heavy atom. The second-order valence-corrected chi connectivity index (χ2v) is 3.86. The molecular formula is C13H22O6. The zero-order chi connectivity index (χ0) is 14.9. The van der Waals surface area contributed by atoms with Gasteiger partial charge in [0, 0.05) is 0 Å². The lowest BCUT2D eigenvalue weighted by Gasteiger charge is -2.26. The van der Waals surface area contributed by atoms with Gasteiger partial charge in [-0.1, -0.05) is 6.92 Å². The molecule has 0 radical (unpaired) electrons. The first-order chi connectivity index (χ1) is 8.98. The quantitative estimate of drug-likeness (QED) is 0.379. The number of hydrogen-bond donors (Lipinski definition) is 0. The molecule has 6 nitrogen and oxygen atoms in total. The number of ether oxygens (including phenoxy) is 3. The molecule has 0 spiro atoms. The monoisotopic (exact) mass is 274 g/mol. The Morgan fingerprint density at radius 3 is 1.53 bits per heavy atom. The molecule has 0 bridgehead atoms. The van der Waals surface area contributed by atoms with E-state index in [4.69, 9.17) is 14.2 Å². The minimum Gasteiger partial charge on any atom is -0.466 e. The van der Waals surface area contributed by atoms with Crippen LogP contribution in [0.15, 0.2) is 0 Å². The molecule has 110 valence electrons. The van der Waals surface area contributed by atoms with E-state index < -0.39 is 23.3 Å². The van der Waals surface area contributed by atoms with Crippen LogP contribution in [0.2, 0.25) is 0 Å².